The Morgan fingerprint density at radius 1 is 1.08 bits per heavy atom. The molecule has 1 saturated carbocycles. The van der Waals surface area contributed by atoms with Gasteiger partial charge < -0.3 is 9.64 Å². The van der Waals surface area contributed by atoms with Gasteiger partial charge in [0.2, 0.25) is 0 Å². The van der Waals surface area contributed by atoms with Crippen LogP contribution in [0.2, 0.25) is 0 Å². The van der Waals surface area contributed by atoms with E-state index in [0.29, 0.717) is 11.7 Å². The van der Waals surface area contributed by atoms with Crippen molar-refractivity contribution in [3.63, 3.8) is 0 Å². The van der Waals surface area contributed by atoms with Gasteiger partial charge in [0.1, 0.15) is 5.75 Å². The van der Waals surface area contributed by atoms with Gasteiger partial charge in [0.15, 0.2) is 5.78 Å². The molecule has 3 heteroatoms. The number of carbonyl (C=O) groups excluding carboxylic acids is 1. The molecule has 2 atom stereocenters. The fourth-order valence-electron chi connectivity index (χ4n) is 3.77. The first-order chi connectivity index (χ1) is 12.6. The van der Waals surface area contributed by atoms with Crippen LogP contribution in [0.25, 0.3) is 6.08 Å². The van der Waals surface area contributed by atoms with Crippen molar-refractivity contribution in [2.45, 2.75) is 18.8 Å². The van der Waals surface area contributed by atoms with E-state index in [4.69, 9.17) is 4.74 Å². The Hall–Kier alpha value is -2.39. The van der Waals surface area contributed by atoms with Crippen molar-refractivity contribution in [3.8, 4) is 5.75 Å². The highest BCUT2D eigenvalue weighted by molar-refractivity contribution is 6.02. The van der Waals surface area contributed by atoms with Gasteiger partial charge >= 0.3 is 0 Å². The third-order valence-corrected chi connectivity index (χ3v) is 5.04. The van der Waals surface area contributed by atoms with Crippen molar-refractivity contribution < 1.29 is 9.53 Å². The van der Waals surface area contributed by atoms with E-state index in [1.165, 1.54) is 5.56 Å². The average molecular weight is 349 g/mol. The third kappa shape index (κ3) is 4.41. The van der Waals surface area contributed by atoms with Gasteiger partial charge in [-0.1, -0.05) is 42.5 Å². The molecule has 2 unspecified atom stereocenters. The molecule has 3 rings (SSSR count). The molecule has 0 spiro atoms. The topological polar surface area (TPSA) is 29.5 Å². The number of allylic oxidation sites excluding steroid dienone is 1. The molecule has 3 nitrogen and oxygen atoms in total. The maximum absolute atomic E-state index is 13.0. The quantitative estimate of drug-likeness (QED) is 0.749. The zero-order valence-corrected chi connectivity index (χ0v) is 15.8. The molecule has 1 fully saturated rings. The molecule has 0 aliphatic heterocycles. The summed E-state index contributed by atoms with van der Waals surface area (Å²) in [7, 11) is 5.73. The fraction of sp³-hybridized carbons (Fsp3) is 0.348. The average Bonchev–Trinajstić information content (AvgIpc) is 2.66. The minimum Gasteiger partial charge on any atom is -0.497 e. The molecule has 0 aromatic heterocycles. The number of hydrogen-bond acceptors (Lipinski definition) is 3. The molecule has 0 amide bonds. The van der Waals surface area contributed by atoms with Crippen LogP contribution in [-0.2, 0) is 4.79 Å². The molecule has 0 bridgehead atoms. The molecule has 0 saturated heterocycles. The predicted molar refractivity (Wildman–Crippen MR) is 106 cm³/mol. The normalized spacial score (nSPS) is 22.0. The van der Waals surface area contributed by atoms with Crippen LogP contribution in [0.5, 0.6) is 5.75 Å². The summed E-state index contributed by atoms with van der Waals surface area (Å²) in [5, 5.41) is 0. The van der Waals surface area contributed by atoms with Crippen molar-refractivity contribution in [1.82, 2.24) is 4.90 Å². The lowest BCUT2D eigenvalue weighted by Gasteiger charge is -2.32. The number of hydrogen-bond donors (Lipinski definition) is 0. The van der Waals surface area contributed by atoms with E-state index in [9.17, 15) is 4.79 Å². The summed E-state index contributed by atoms with van der Waals surface area (Å²) in [5.41, 5.74) is 3.30. The lowest BCUT2D eigenvalue weighted by Crippen LogP contribution is -2.34. The predicted octanol–water partition coefficient (Wildman–Crippen LogP) is 4.40. The molecular weight excluding hydrogens is 322 g/mol. The number of Topliss-reactive ketones (excluding diaryl/α,β-unsaturated/α-hetero) is 1. The van der Waals surface area contributed by atoms with Gasteiger partial charge in [-0.05, 0) is 67.8 Å². The Morgan fingerprint density at radius 3 is 2.38 bits per heavy atom. The molecule has 136 valence electrons. The second kappa shape index (κ2) is 8.33. The van der Waals surface area contributed by atoms with Crippen molar-refractivity contribution in [2.24, 2.45) is 5.92 Å². The monoisotopic (exact) mass is 349 g/mol. The summed E-state index contributed by atoms with van der Waals surface area (Å²) in [6, 6.07) is 18.5. The molecular formula is C23H27NO2. The summed E-state index contributed by atoms with van der Waals surface area (Å²) >= 11 is 0. The number of benzene rings is 2. The van der Waals surface area contributed by atoms with Gasteiger partial charge in [-0.2, -0.15) is 0 Å². The summed E-state index contributed by atoms with van der Waals surface area (Å²) < 4.78 is 5.22. The second-order valence-corrected chi connectivity index (χ2v) is 7.31. The molecule has 26 heavy (non-hydrogen) atoms. The molecule has 0 heterocycles. The van der Waals surface area contributed by atoms with Crippen LogP contribution in [0.4, 0.5) is 0 Å². The second-order valence-electron chi connectivity index (χ2n) is 7.31. The van der Waals surface area contributed by atoms with E-state index < -0.39 is 0 Å². The van der Waals surface area contributed by atoms with Crippen LogP contribution in [0.3, 0.4) is 0 Å². The first-order valence-electron chi connectivity index (χ1n) is 9.15. The Labute approximate surface area is 156 Å². The SMILES string of the molecule is COc1ccc(C=C2CC(c3ccccc3)CC(CN(C)C)C2=O)cc1. The zero-order valence-electron chi connectivity index (χ0n) is 15.8. The Bertz CT molecular complexity index is 763. The summed E-state index contributed by atoms with van der Waals surface area (Å²) in [5.74, 6) is 1.56. The summed E-state index contributed by atoms with van der Waals surface area (Å²) in [4.78, 5) is 15.2. The van der Waals surface area contributed by atoms with Crippen LogP contribution in [0.1, 0.15) is 29.9 Å². The van der Waals surface area contributed by atoms with Crippen LogP contribution in [0.15, 0.2) is 60.2 Å². The number of rotatable bonds is 5. The van der Waals surface area contributed by atoms with Gasteiger partial charge in [0.25, 0.3) is 0 Å². The van der Waals surface area contributed by atoms with E-state index in [1.807, 2.05) is 44.4 Å². The van der Waals surface area contributed by atoms with E-state index in [2.05, 4.69) is 35.2 Å². The highest BCUT2D eigenvalue weighted by Gasteiger charge is 2.33. The third-order valence-electron chi connectivity index (χ3n) is 5.04. The molecule has 1 aliphatic rings. The number of nitrogens with zero attached hydrogens (tertiary/aromatic N) is 1. The highest BCUT2D eigenvalue weighted by Crippen LogP contribution is 2.38. The number of carbonyl (C=O) groups is 1. The molecule has 0 N–H and O–H groups in total. The highest BCUT2D eigenvalue weighted by atomic mass is 16.5. The first kappa shape index (κ1) is 18.4. The van der Waals surface area contributed by atoms with Crippen LogP contribution in [-0.4, -0.2) is 38.4 Å². The summed E-state index contributed by atoms with van der Waals surface area (Å²) in [6.07, 6.45) is 3.78. The zero-order chi connectivity index (χ0) is 18.5. The number of ketones is 1. The van der Waals surface area contributed by atoms with Crippen LogP contribution < -0.4 is 4.74 Å². The van der Waals surface area contributed by atoms with E-state index in [1.54, 1.807) is 7.11 Å². The Morgan fingerprint density at radius 2 is 1.77 bits per heavy atom. The smallest absolute Gasteiger partial charge is 0.163 e. The lowest BCUT2D eigenvalue weighted by molar-refractivity contribution is -0.121. The minimum atomic E-state index is 0.0495. The van der Waals surface area contributed by atoms with E-state index in [-0.39, 0.29) is 5.92 Å². The van der Waals surface area contributed by atoms with Crippen molar-refractivity contribution in [3.05, 3.63) is 71.3 Å². The lowest BCUT2D eigenvalue weighted by atomic mass is 9.74. The van der Waals surface area contributed by atoms with Gasteiger partial charge in [-0.3, -0.25) is 4.79 Å². The molecule has 0 radical (unpaired) electrons. The fourth-order valence-corrected chi connectivity index (χ4v) is 3.77. The number of ether oxygens (including phenoxy) is 1. The maximum Gasteiger partial charge on any atom is 0.163 e. The van der Waals surface area contributed by atoms with Crippen LogP contribution in [0, 0.1) is 5.92 Å². The van der Waals surface area contributed by atoms with Crippen molar-refractivity contribution >= 4 is 11.9 Å². The van der Waals surface area contributed by atoms with E-state index in [0.717, 1.165) is 36.3 Å². The Kier molecular flexibility index (Phi) is 5.89. The standard InChI is InChI=1S/C23H27NO2/c1-24(2)16-21-15-19(18-7-5-4-6-8-18)14-20(23(21)25)13-17-9-11-22(26-3)12-10-17/h4-13,19,21H,14-16H2,1-3H3. The van der Waals surface area contributed by atoms with Gasteiger partial charge in [0.05, 0.1) is 7.11 Å². The maximum atomic E-state index is 13.0. The van der Waals surface area contributed by atoms with Crippen molar-refractivity contribution in [2.75, 3.05) is 27.7 Å². The number of methoxy groups -OCH3 is 1. The van der Waals surface area contributed by atoms with Gasteiger partial charge in [-0.25, -0.2) is 0 Å². The molecule has 2 aromatic rings. The van der Waals surface area contributed by atoms with Gasteiger partial charge in [-0.15, -0.1) is 0 Å². The first-order valence-corrected chi connectivity index (χ1v) is 9.15. The van der Waals surface area contributed by atoms with Gasteiger partial charge in [0, 0.05) is 12.5 Å². The minimum absolute atomic E-state index is 0.0495. The molecule has 1 aliphatic carbocycles. The Balaban J connectivity index is 1.90. The largest absolute Gasteiger partial charge is 0.497 e. The van der Waals surface area contributed by atoms with Crippen LogP contribution >= 0.6 is 0 Å². The van der Waals surface area contributed by atoms with Crippen molar-refractivity contribution in [1.29, 1.82) is 0 Å². The van der Waals surface area contributed by atoms with E-state index >= 15 is 0 Å². The molecule has 2 aromatic carbocycles. The summed E-state index contributed by atoms with van der Waals surface area (Å²) in [6.45, 7) is 0.794.